The Balaban J connectivity index is 1.55. The molecular weight excluding hydrogens is 328 g/mol. The van der Waals surface area contributed by atoms with Gasteiger partial charge in [-0.1, -0.05) is 32.9 Å². The first-order valence-electron chi connectivity index (χ1n) is 8.61. The van der Waals surface area contributed by atoms with Crippen molar-refractivity contribution in [3.8, 4) is 5.75 Å². The summed E-state index contributed by atoms with van der Waals surface area (Å²) in [6.07, 6.45) is 3.06. The maximum absolute atomic E-state index is 5.33. The lowest BCUT2D eigenvalue weighted by molar-refractivity contribution is 0.415. The number of methoxy groups -OCH3 is 1. The molecule has 4 heteroatoms. The van der Waals surface area contributed by atoms with Crippen LogP contribution in [-0.4, -0.2) is 18.6 Å². The van der Waals surface area contributed by atoms with E-state index in [0.717, 1.165) is 24.2 Å². The SMILES string of the molecule is COc1ccc2[nH]cc(CCNSc3ccc(C(C)(C)C)cc3)c2c1. The molecule has 0 radical (unpaired) electrons. The topological polar surface area (TPSA) is 37.0 Å². The molecule has 3 aromatic rings. The molecule has 0 saturated carbocycles. The van der Waals surface area contributed by atoms with E-state index in [-0.39, 0.29) is 5.41 Å². The van der Waals surface area contributed by atoms with E-state index in [4.69, 9.17) is 4.74 Å². The van der Waals surface area contributed by atoms with E-state index < -0.39 is 0 Å². The first-order chi connectivity index (χ1) is 12.0. The van der Waals surface area contributed by atoms with Crippen LogP contribution in [0.3, 0.4) is 0 Å². The number of ether oxygens (including phenoxy) is 1. The zero-order valence-corrected chi connectivity index (χ0v) is 16.2. The van der Waals surface area contributed by atoms with Crippen molar-refractivity contribution in [2.24, 2.45) is 0 Å². The largest absolute Gasteiger partial charge is 0.497 e. The quantitative estimate of drug-likeness (QED) is 0.465. The van der Waals surface area contributed by atoms with Gasteiger partial charge in [-0.3, -0.25) is 4.72 Å². The summed E-state index contributed by atoms with van der Waals surface area (Å²) in [5.41, 5.74) is 4.03. The van der Waals surface area contributed by atoms with E-state index in [1.165, 1.54) is 21.4 Å². The zero-order chi connectivity index (χ0) is 17.9. The number of aromatic amines is 1. The van der Waals surface area contributed by atoms with Crippen LogP contribution >= 0.6 is 11.9 Å². The zero-order valence-electron chi connectivity index (χ0n) is 15.3. The van der Waals surface area contributed by atoms with Crippen LogP contribution in [0.4, 0.5) is 0 Å². The van der Waals surface area contributed by atoms with Gasteiger partial charge < -0.3 is 9.72 Å². The number of rotatable bonds is 6. The third kappa shape index (κ3) is 4.39. The van der Waals surface area contributed by atoms with E-state index in [2.05, 4.69) is 73.1 Å². The van der Waals surface area contributed by atoms with E-state index in [0.29, 0.717) is 0 Å². The number of nitrogens with one attached hydrogen (secondary N) is 2. The molecule has 0 fully saturated rings. The van der Waals surface area contributed by atoms with Gasteiger partial charge in [-0.2, -0.15) is 0 Å². The third-order valence-corrected chi connectivity index (χ3v) is 5.24. The van der Waals surface area contributed by atoms with Gasteiger partial charge in [0.25, 0.3) is 0 Å². The van der Waals surface area contributed by atoms with Gasteiger partial charge in [0, 0.05) is 28.5 Å². The van der Waals surface area contributed by atoms with Gasteiger partial charge in [0.2, 0.25) is 0 Å². The summed E-state index contributed by atoms with van der Waals surface area (Å²) in [5, 5.41) is 1.24. The van der Waals surface area contributed by atoms with Crippen LogP contribution in [0.25, 0.3) is 10.9 Å². The highest BCUT2D eigenvalue weighted by Gasteiger charge is 2.12. The molecule has 132 valence electrons. The predicted octanol–water partition coefficient (Wildman–Crippen LogP) is 5.31. The van der Waals surface area contributed by atoms with Gasteiger partial charge in [0.15, 0.2) is 0 Å². The lowest BCUT2D eigenvalue weighted by Gasteiger charge is -2.19. The molecule has 0 amide bonds. The molecule has 3 nitrogen and oxygen atoms in total. The number of fused-ring (bicyclic) bond motifs is 1. The second-order valence-corrected chi connectivity index (χ2v) is 8.21. The minimum atomic E-state index is 0.201. The standard InChI is InChI=1S/C21H26N2OS/c1-21(2,3)16-5-8-18(9-6-16)25-23-12-11-15-14-22-20-10-7-17(24-4)13-19(15)20/h5-10,13-14,22-23H,11-12H2,1-4H3. The summed E-state index contributed by atoms with van der Waals surface area (Å²) in [5.74, 6) is 0.898. The Hall–Kier alpha value is -1.91. The molecule has 0 aliphatic heterocycles. The molecule has 0 aliphatic rings. The van der Waals surface area contributed by atoms with Crippen molar-refractivity contribution in [2.75, 3.05) is 13.7 Å². The molecule has 25 heavy (non-hydrogen) atoms. The highest BCUT2D eigenvalue weighted by atomic mass is 32.2. The molecule has 1 aromatic heterocycles. The second kappa shape index (κ2) is 7.54. The fourth-order valence-corrected chi connectivity index (χ4v) is 3.48. The first kappa shape index (κ1) is 17.9. The summed E-state index contributed by atoms with van der Waals surface area (Å²) in [6, 6.07) is 15.0. The van der Waals surface area contributed by atoms with Gasteiger partial charge in [-0.05, 0) is 65.2 Å². The molecule has 0 bridgehead atoms. The lowest BCUT2D eigenvalue weighted by atomic mass is 9.87. The van der Waals surface area contributed by atoms with E-state index in [1.54, 1.807) is 19.1 Å². The number of H-pyrrole nitrogens is 1. The maximum Gasteiger partial charge on any atom is 0.119 e. The molecule has 2 N–H and O–H groups in total. The molecule has 0 unspecified atom stereocenters. The average Bonchev–Trinajstić information content (AvgIpc) is 3.00. The Morgan fingerprint density at radius 2 is 1.84 bits per heavy atom. The van der Waals surface area contributed by atoms with Crippen molar-refractivity contribution in [3.63, 3.8) is 0 Å². The Morgan fingerprint density at radius 1 is 1.08 bits per heavy atom. The maximum atomic E-state index is 5.33. The van der Waals surface area contributed by atoms with Crippen LogP contribution in [0.1, 0.15) is 31.9 Å². The van der Waals surface area contributed by atoms with Crippen LogP contribution < -0.4 is 9.46 Å². The normalized spacial score (nSPS) is 11.8. The Labute approximate surface area is 154 Å². The first-order valence-corrected chi connectivity index (χ1v) is 9.43. The summed E-state index contributed by atoms with van der Waals surface area (Å²) < 4.78 is 8.79. The fourth-order valence-electron chi connectivity index (χ4n) is 2.83. The van der Waals surface area contributed by atoms with Gasteiger partial charge in [0.1, 0.15) is 5.75 Å². The summed E-state index contributed by atoms with van der Waals surface area (Å²) in [6.45, 7) is 7.63. The number of benzene rings is 2. The minimum Gasteiger partial charge on any atom is -0.497 e. The number of hydrogen-bond donors (Lipinski definition) is 2. The molecule has 0 atom stereocenters. The van der Waals surface area contributed by atoms with Crippen LogP contribution in [0.15, 0.2) is 53.6 Å². The van der Waals surface area contributed by atoms with Crippen molar-refractivity contribution >= 4 is 22.9 Å². The highest BCUT2D eigenvalue weighted by Crippen LogP contribution is 2.26. The van der Waals surface area contributed by atoms with Crippen molar-refractivity contribution < 1.29 is 4.74 Å². The molecule has 0 aliphatic carbocycles. The molecule has 1 heterocycles. The fraction of sp³-hybridized carbons (Fsp3) is 0.333. The number of aromatic nitrogens is 1. The van der Waals surface area contributed by atoms with Crippen LogP contribution in [0.5, 0.6) is 5.75 Å². The lowest BCUT2D eigenvalue weighted by Crippen LogP contribution is -2.11. The third-order valence-electron chi connectivity index (χ3n) is 4.38. The van der Waals surface area contributed by atoms with Gasteiger partial charge >= 0.3 is 0 Å². The number of hydrogen-bond acceptors (Lipinski definition) is 3. The van der Waals surface area contributed by atoms with Crippen LogP contribution in [-0.2, 0) is 11.8 Å². The molecule has 3 rings (SSSR count). The van der Waals surface area contributed by atoms with E-state index >= 15 is 0 Å². The predicted molar refractivity (Wildman–Crippen MR) is 108 cm³/mol. The smallest absolute Gasteiger partial charge is 0.119 e. The van der Waals surface area contributed by atoms with Crippen molar-refractivity contribution in [1.29, 1.82) is 0 Å². The Bertz CT molecular complexity index is 831. The monoisotopic (exact) mass is 354 g/mol. The molecule has 0 spiro atoms. The highest BCUT2D eigenvalue weighted by molar-refractivity contribution is 7.97. The Morgan fingerprint density at radius 3 is 2.52 bits per heavy atom. The van der Waals surface area contributed by atoms with Crippen molar-refractivity contribution in [3.05, 3.63) is 59.8 Å². The van der Waals surface area contributed by atoms with Crippen molar-refractivity contribution in [1.82, 2.24) is 9.71 Å². The average molecular weight is 355 g/mol. The molecule has 0 saturated heterocycles. The van der Waals surface area contributed by atoms with Crippen molar-refractivity contribution in [2.45, 2.75) is 37.5 Å². The van der Waals surface area contributed by atoms with Gasteiger partial charge in [-0.15, -0.1) is 0 Å². The summed E-state index contributed by atoms with van der Waals surface area (Å²) in [4.78, 5) is 4.57. The molecule has 2 aromatic carbocycles. The van der Waals surface area contributed by atoms with E-state index in [1.807, 2.05) is 6.07 Å². The van der Waals surface area contributed by atoms with E-state index in [9.17, 15) is 0 Å². The van der Waals surface area contributed by atoms with Crippen LogP contribution in [0.2, 0.25) is 0 Å². The summed E-state index contributed by atoms with van der Waals surface area (Å²) in [7, 11) is 1.70. The van der Waals surface area contributed by atoms with Crippen LogP contribution in [0, 0.1) is 0 Å². The second-order valence-electron chi connectivity index (χ2n) is 7.25. The summed E-state index contributed by atoms with van der Waals surface area (Å²) >= 11 is 1.69. The van der Waals surface area contributed by atoms with Gasteiger partial charge in [-0.25, -0.2) is 0 Å². The minimum absolute atomic E-state index is 0.201. The van der Waals surface area contributed by atoms with Gasteiger partial charge in [0.05, 0.1) is 7.11 Å². The Kier molecular flexibility index (Phi) is 5.40. The molecular formula is C21H26N2OS.